The van der Waals surface area contributed by atoms with E-state index in [9.17, 15) is 19.2 Å². The van der Waals surface area contributed by atoms with E-state index in [1.165, 1.54) is 6.08 Å². The van der Waals surface area contributed by atoms with Crippen molar-refractivity contribution in [2.45, 2.75) is 65.6 Å². The molecule has 2 saturated carbocycles. The number of carbonyl (C=O) groups is 4. The van der Waals surface area contributed by atoms with Crippen LogP contribution in [0.4, 0.5) is 0 Å². The predicted octanol–water partition coefficient (Wildman–Crippen LogP) is 3.45. The van der Waals surface area contributed by atoms with E-state index in [4.69, 9.17) is 0 Å². The van der Waals surface area contributed by atoms with Crippen molar-refractivity contribution in [1.82, 2.24) is 20.5 Å². The van der Waals surface area contributed by atoms with Gasteiger partial charge in [-0.3, -0.25) is 19.2 Å². The summed E-state index contributed by atoms with van der Waals surface area (Å²) in [7, 11) is 0. The quantitative estimate of drug-likeness (QED) is 0.465. The number of H-pyrrole nitrogens is 1. The second-order valence-electron chi connectivity index (χ2n) is 12.9. The van der Waals surface area contributed by atoms with E-state index < -0.39 is 23.5 Å². The van der Waals surface area contributed by atoms with Crippen LogP contribution in [0.5, 0.6) is 0 Å². The van der Waals surface area contributed by atoms with Crippen LogP contribution >= 0.6 is 0 Å². The molecule has 0 spiro atoms. The van der Waals surface area contributed by atoms with Gasteiger partial charge in [-0.1, -0.05) is 59.4 Å². The molecule has 5 atom stereocenters. The number of hydrogen-bond acceptors (Lipinski definition) is 4. The lowest BCUT2D eigenvalue weighted by molar-refractivity contribution is -0.143. The van der Waals surface area contributed by atoms with E-state index in [1.807, 2.05) is 45.0 Å². The third-order valence-corrected chi connectivity index (χ3v) is 8.82. The van der Waals surface area contributed by atoms with Crippen LogP contribution in [0.25, 0.3) is 10.9 Å². The van der Waals surface area contributed by atoms with Crippen LogP contribution in [0.1, 0.15) is 57.9 Å². The lowest BCUT2D eigenvalue weighted by Gasteiger charge is -2.35. The maximum Gasteiger partial charge on any atom is 0.268 e. The molecule has 1 unspecified atom stereocenters. The van der Waals surface area contributed by atoms with E-state index in [-0.39, 0.29) is 46.7 Å². The Morgan fingerprint density at radius 3 is 2.42 bits per heavy atom. The molecule has 8 nitrogen and oxygen atoms in total. The van der Waals surface area contributed by atoms with Gasteiger partial charge in [-0.15, -0.1) is 0 Å². The first kappa shape index (κ1) is 26.2. The van der Waals surface area contributed by atoms with E-state index in [0.717, 1.165) is 23.7 Å². The highest BCUT2D eigenvalue weighted by molar-refractivity contribution is 6.02. The monoisotopic (exact) mass is 518 g/mol. The van der Waals surface area contributed by atoms with E-state index >= 15 is 0 Å². The molecule has 202 valence electrons. The molecule has 1 aliphatic heterocycles. The van der Waals surface area contributed by atoms with Gasteiger partial charge in [0, 0.05) is 17.4 Å². The number of benzene rings is 1. The molecule has 2 aliphatic carbocycles. The lowest BCUT2D eigenvalue weighted by Crippen LogP contribution is -2.59. The summed E-state index contributed by atoms with van der Waals surface area (Å²) in [5.74, 6) is -0.860. The zero-order chi connectivity index (χ0) is 27.6. The predicted molar refractivity (Wildman–Crippen MR) is 145 cm³/mol. The van der Waals surface area contributed by atoms with Gasteiger partial charge < -0.3 is 20.5 Å². The summed E-state index contributed by atoms with van der Waals surface area (Å²) in [6.07, 6.45) is 2.94. The number of aromatic nitrogens is 1. The minimum atomic E-state index is -0.744. The van der Waals surface area contributed by atoms with E-state index in [0.29, 0.717) is 12.2 Å². The van der Waals surface area contributed by atoms with E-state index in [2.05, 4.69) is 36.0 Å². The Morgan fingerprint density at radius 1 is 1.13 bits per heavy atom. The van der Waals surface area contributed by atoms with Crippen molar-refractivity contribution in [3.05, 3.63) is 48.7 Å². The summed E-state index contributed by atoms with van der Waals surface area (Å²) < 4.78 is 0. The fourth-order valence-corrected chi connectivity index (χ4v) is 6.28. The smallest absolute Gasteiger partial charge is 0.268 e. The molecule has 5 rings (SSSR count). The highest BCUT2D eigenvalue weighted by atomic mass is 16.2. The SMILES string of the molecule is C=CC(=O)[C@@H](NC(=O)[C@@H]1[C@@H]2C(CN1C(=O)[C@@H](NC(=O)c1cc3ccccc3[nH]1)C1CC1)C2(C)C)C(C)(C)C. The van der Waals surface area contributed by atoms with Crippen molar-refractivity contribution in [3.63, 3.8) is 0 Å². The van der Waals surface area contributed by atoms with Crippen LogP contribution in [0.3, 0.4) is 0 Å². The first-order valence-corrected chi connectivity index (χ1v) is 13.5. The fraction of sp³-hybridized carbons (Fsp3) is 0.533. The van der Waals surface area contributed by atoms with Gasteiger partial charge in [0.15, 0.2) is 5.78 Å². The average molecular weight is 519 g/mol. The van der Waals surface area contributed by atoms with Crippen molar-refractivity contribution >= 4 is 34.4 Å². The van der Waals surface area contributed by atoms with Gasteiger partial charge in [-0.25, -0.2) is 0 Å². The van der Waals surface area contributed by atoms with Crippen molar-refractivity contribution in [3.8, 4) is 0 Å². The van der Waals surface area contributed by atoms with Gasteiger partial charge in [-0.2, -0.15) is 0 Å². The first-order chi connectivity index (χ1) is 17.8. The molecule has 0 bridgehead atoms. The Bertz CT molecular complexity index is 1280. The van der Waals surface area contributed by atoms with Crippen molar-refractivity contribution in [1.29, 1.82) is 0 Å². The molecular weight excluding hydrogens is 480 g/mol. The van der Waals surface area contributed by atoms with Gasteiger partial charge in [0.25, 0.3) is 5.91 Å². The van der Waals surface area contributed by atoms with Crippen molar-refractivity contribution < 1.29 is 19.2 Å². The van der Waals surface area contributed by atoms with Crippen LogP contribution in [0, 0.1) is 28.6 Å². The molecule has 3 N–H and O–H groups in total. The van der Waals surface area contributed by atoms with E-state index in [1.54, 1.807) is 11.0 Å². The summed E-state index contributed by atoms with van der Waals surface area (Å²) in [5.41, 5.74) is 0.672. The highest BCUT2D eigenvalue weighted by Gasteiger charge is 2.70. The zero-order valence-electron chi connectivity index (χ0n) is 22.8. The summed E-state index contributed by atoms with van der Waals surface area (Å²) >= 11 is 0. The molecule has 1 aromatic carbocycles. The Kier molecular flexibility index (Phi) is 6.27. The molecule has 1 aromatic heterocycles. The number of amides is 3. The number of nitrogens with one attached hydrogen (secondary N) is 3. The standard InChI is InChI=1S/C30H38N4O4/c1-7-21(35)25(29(2,3)4)33-27(37)24-22-18(30(22,5)6)15-34(24)28(38)23(16-12-13-16)32-26(36)20-14-17-10-8-9-11-19(17)31-20/h7-11,14,16,18,22-25,31H,1,12-13,15H2,2-6H3,(H,32,36)(H,33,37)/t18?,22-,23-,24-,25+/m0/s1. The second-order valence-corrected chi connectivity index (χ2v) is 12.9. The number of piperidine rings is 1. The van der Waals surface area contributed by atoms with Crippen molar-refractivity contribution in [2.24, 2.45) is 28.6 Å². The van der Waals surface area contributed by atoms with Gasteiger partial charge in [0.1, 0.15) is 17.8 Å². The number of fused-ring (bicyclic) bond motifs is 2. The van der Waals surface area contributed by atoms with Crippen LogP contribution in [-0.2, 0) is 14.4 Å². The molecule has 3 fully saturated rings. The third-order valence-electron chi connectivity index (χ3n) is 8.82. The topological polar surface area (TPSA) is 111 Å². The zero-order valence-corrected chi connectivity index (χ0v) is 22.8. The molecule has 2 heterocycles. The maximum atomic E-state index is 14.0. The number of rotatable bonds is 8. The van der Waals surface area contributed by atoms with Crippen LogP contribution in [-0.4, -0.2) is 58.1 Å². The van der Waals surface area contributed by atoms with Gasteiger partial charge in [0.2, 0.25) is 11.8 Å². The first-order valence-electron chi connectivity index (χ1n) is 13.5. The Balaban J connectivity index is 1.37. The summed E-state index contributed by atoms with van der Waals surface area (Å²) in [6, 6.07) is 7.29. The number of aromatic amines is 1. The molecule has 2 aromatic rings. The average Bonchev–Trinajstić information content (AvgIpc) is 3.64. The minimum Gasteiger partial charge on any atom is -0.351 e. The van der Waals surface area contributed by atoms with Gasteiger partial charge in [-0.05, 0) is 59.6 Å². The molecular formula is C30H38N4O4. The number of para-hydroxylation sites is 1. The number of ketones is 1. The Labute approximate surface area is 223 Å². The highest BCUT2D eigenvalue weighted by Crippen LogP contribution is 2.65. The van der Waals surface area contributed by atoms with Gasteiger partial charge in [0.05, 0.1) is 6.04 Å². The minimum absolute atomic E-state index is 0.00941. The fourth-order valence-electron chi connectivity index (χ4n) is 6.28. The molecule has 0 radical (unpaired) electrons. The summed E-state index contributed by atoms with van der Waals surface area (Å²) in [6.45, 7) is 14.0. The van der Waals surface area contributed by atoms with Crippen LogP contribution in [0.2, 0.25) is 0 Å². The molecule has 3 amide bonds. The van der Waals surface area contributed by atoms with Gasteiger partial charge >= 0.3 is 0 Å². The third kappa shape index (κ3) is 4.54. The number of carbonyl (C=O) groups excluding carboxylic acids is 4. The Morgan fingerprint density at radius 2 is 1.82 bits per heavy atom. The lowest BCUT2D eigenvalue weighted by atomic mass is 9.83. The summed E-state index contributed by atoms with van der Waals surface area (Å²) in [5, 5.41) is 6.85. The largest absolute Gasteiger partial charge is 0.351 e. The van der Waals surface area contributed by atoms with Crippen LogP contribution in [0.15, 0.2) is 43.0 Å². The molecule has 38 heavy (non-hydrogen) atoms. The second kappa shape index (κ2) is 9.10. The Hall–Kier alpha value is -3.42. The molecule has 8 heteroatoms. The maximum absolute atomic E-state index is 14.0. The van der Waals surface area contributed by atoms with Crippen LogP contribution < -0.4 is 10.6 Å². The normalized spacial score (nSPS) is 25.3. The summed E-state index contributed by atoms with van der Waals surface area (Å²) in [4.78, 5) is 58.3. The number of nitrogens with zero attached hydrogens (tertiary/aromatic N) is 1. The molecule has 1 saturated heterocycles. The number of likely N-dealkylation sites (tertiary alicyclic amines) is 1. The number of hydrogen-bond donors (Lipinski definition) is 3. The molecule has 3 aliphatic rings. The van der Waals surface area contributed by atoms with Crippen molar-refractivity contribution in [2.75, 3.05) is 6.54 Å².